The van der Waals surface area contributed by atoms with Crippen LogP contribution in [0.25, 0.3) is 0 Å². The Morgan fingerprint density at radius 2 is 1.87 bits per heavy atom. The minimum atomic E-state index is 0.826. The van der Waals surface area contributed by atoms with E-state index in [1.54, 1.807) is 0 Å². The Balaban J connectivity index is 1.67. The Hall–Kier alpha value is 0.310. The van der Waals surface area contributed by atoms with Gasteiger partial charge in [-0.05, 0) is 50.2 Å². The molecule has 1 saturated heterocycles. The number of hydrogen-bond acceptors (Lipinski definition) is 2. The third kappa shape index (κ3) is 3.67. The van der Waals surface area contributed by atoms with E-state index in [1.807, 2.05) is 0 Å². The van der Waals surface area contributed by atoms with Gasteiger partial charge >= 0.3 is 0 Å². The minimum Gasteiger partial charge on any atom is -0.310 e. The van der Waals surface area contributed by atoms with Gasteiger partial charge < -0.3 is 5.32 Å². The van der Waals surface area contributed by atoms with Gasteiger partial charge in [-0.2, -0.15) is 11.8 Å². The standard InChI is InChI=1S/C13H25NS/c1-2-11-5-7-12(8-6-11)14-13-4-3-9-15-10-13/h11-14H,2-10H2,1H3. The smallest absolute Gasteiger partial charge is 0.0161 e. The van der Waals surface area contributed by atoms with E-state index in [9.17, 15) is 0 Å². The normalized spacial score (nSPS) is 37.8. The largest absolute Gasteiger partial charge is 0.310 e. The predicted molar refractivity (Wildman–Crippen MR) is 69.5 cm³/mol. The summed E-state index contributed by atoms with van der Waals surface area (Å²) in [6.07, 6.45) is 10.0. The highest BCUT2D eigenvalue weighted by atomic mass is 32.2. The Morgan fingerprint density at radius 1 is 1.07 bits per heavy atom. The van der Waals surface area contributed by atoms with Crippen molar-refractivity contribution in [3.8, 4) is 0 Å². The van der Waals surface area contributed by atoms with Gasteiger partial charge in [-0.3, -0.25) is 0 Å². The molecule has 0 amide bonds. The van der Waals surface area contributed by atoms with Crippen LogP contribution in [0.15, 0.2) is 0 Å². The van der Waals surface area contributed by atoms with Crippen LogP contribution in [0.2, 0.25) is 0 Å². The van der Waals surface area contributed by atoms with E-state index < -0.39 is 0 Å². The lowest BCUT2D eigenvalue weighted by molar-refractivity contribution is 0.269. The van der Waals surface area contributed by atoms with Gasteiger partial charge in [0.15, 0.2) is 0 Å². The minimum absolute atomic E-state index is 0.826. The lowest BCUT2D eigenvalue weighted by Crippen LogP contribution is -2.43. The average molecular weight is 227 g/mol. The van der Waals surface area contributed by atoms with Crippen LogP contribution in [0.5, 0.6) is 0 Å². The van der Waals surface area contributed by atoms with Crippen molar-refractivity contribution in [2.45, 2.75) is 64.0 Å². The average Bonchev–Trinajstić information content (AvgIpc) is 2.31. The molecule has 2 rings (SSSR count). The molecule has 1 aliphatic carbocycles. The van der Waals surface area contributed by atoms with E-state index in [0.717, 1.165) is 18.0 Å². The molecule has 0 spiro atoms. The molecule has 1 atom stereocenters. The Kier molecular flexibility index (Phi) is 4.83. The van der Waals surface area contributed by atoms with Gasteiger partial charge in [0.05, 0.1) is 0 Å². The Labute approximate surface area is 98.8 Å². The van der Waals surface area contributed by atoms with Crippen LogP contribution in [-0.4, -0.2) is 23.6 Å². The third-order valence-corrected chi connectivity index (χ3v) is 5.27. The molecule has 0 aromatic carbocycles. The number of thioether (sulfide) groups is 1. The molecule has 15 heavy (non-hydrogen) atoms. The second-order valence-corrected chi connectivity index (χ2v) is 6.36. The monoisotopic (exact) mass is 227 g/mol. The second-order valence-electron chi connectivity index (χ2n) is 5.21. The summed E-state index contributed by atoms with van der Waals surface area (Å²) >= 11 is 2.13. The molecule has 0 aromatic rings. The third-order valence-electron chi connectivity index (χ3n) is 4.06. The van der Waals surface area contributed by atoms with Crippen LogP contribution < -0.4 is 5.32 Å². The highest BCUT2D eigenvalue weighted by Crippen LogP contribution is 2.27. The fourth-order valence-corrected chi connectivity index (χ4v) is 4.03. The molecule has 2 heteroatoms. The van der Waals surface area contributed by atoms with E-state index in [2.05, 4.69) is 24.0 Å². The summed E-state index contributed by atoms with van der Waals surface area (Å²) in [5, 5.41) is 3.88. The quantitative estimate of drug-likeness (QED) is 0.792. The van der Waals surface area contributed by atoms with Crippen molar-refractivity contribution in [2.75, 3.05) is 11.5 Å². The molecule has 1 nitrogen and oxygen atoms in total. The maximum absolute atomic E-state index is 3.88. The van der Waals surface area contributed by atoms with Gasteiger partial charge in [0.25, 0.3) is 0 Å². The molecule has 1 aliphatic heterocycles. The van der Waals surface area contributed by atoms with Crippen LogP contribution in [0.1, 0.15) is 51.9 Å². The van der Waals surface area contributed by atoms with Crippen LogP contribution in [0.4, 0.5) is 0 Å². The summed E-state index contributed by atoms with van der Waals surface area (Å²) in [5.74, 6) is 3.78. The zero-order chi connectivity index (χ0) is 10.5. The molecule has 1 heterocycles. The summed E-state index contributed by atoms with van der Waals surface area (Å²) in [5.41, 5.74) is 0. The van der Waals surface area contributed by atoms with Gasteiger partial charge in [0.1, 0.15) is 0 Å². The summed E-state index contributed by atoms with van der Waals surface area (Å²) in [6.45, 7) is 2.34. The van der Waals surface area contributed by atoms with Gasteiger partial charge in [-0.25, -0.2) is 0 Å². The summed E-state index contributed by atoms with van der Waals surface area (Å²) in [7, 11) is 0. The summed E-state index contributed by atoms with van der Waals surface area (Å²) in [4.78, 5) is 0. The first kappa shape index (κ1) is 11.8. The van der Waals surface area contributed by atoms with Crippen molar-refractivity contribution in [1.82, 2.24) is 5.32 Å². The van der Waals surface area contributed by atoms with Crippen molar-refractivity contribution in [3.63, 3.8) is 0 Å². The first-order valence-electron chi connectivity index (χ1n) is 6.72. The predicted octanol–water partition coefficient (Wildman–Crippen LogP) is 3.44. The van der Waals surface area contributed by atoms with Crippen LogP contribution >= 0.6 is 11.8 Å². The molecule has 0 bridgehead atoms. The zero-order valence-corrected chi connectivity index (χ0v) is 10.8. The molecule has 88 valence electrons. The molecule has 2 aliphatic rings. The first-order valence-corrected chi connectivity index (χ1v) is 7.87. The van der Waals surface area contributed by atoms with Crippen LogP contribution in [0.3, 0.4) is 0 Å². The van der Waals surface area contributed by atoms with Gasteiger partial charge in [0, 0.05) is 17.8 Å². The maximum atomic E-state index is 3.88. The van der Waals surface area contributed by atoms with Gasteiger partial charge in [-0.1, -0.05) is 13.3 Å². The van der Waals surface area contributed by atoms with E-state index in [-0.39, 0.29) is 0 Å². The fraction of sp³-hybridized carbons (Fsp3) is 1.00. The SMILES string of the molecule is CCC1CCC(NC2CCCSC2)CC1. The van der Waals surface area contributed by atoms with Crippen LogP contribution in [0, 0.1) is 5.92 Å². The lowest BCUT2D eigenvalue weighted by atomic mass is 9.84. The van der Waals surface area contributed by atoms with Crippen molar-refractivity contribution in [2.24, 2.45) is 5.92 Å². The van der Waals surface area contributed by atoms with Crippen LogP contribution in [-0.2, 0) is 0 Å². The van der Waals surface area contributed by atoms with Crippen molar-refractivity contribution in [3.05, 3.63) is 0 Å². The maximum Gasteiger partial charge on any atom is 0.0161 e. The number of rotatable bonds is 3. The second kappa shape index (κ2) is 6.15. The Morgan fingerprint density at radius 3 is 2.47 bits per heavy atom. The molecule has 0 radical (unpaired) electrons. The number of nitrogens with one attached hydrogen (secondary N) is 1. The molecular formula is C13H25NS. The summed E-state index contributed by atoms with van der Waals surface area (Å²) < 4.78 is 0. The molecule has 2 fully saturated rings. The molecule has 1 N–H and O–H groups in total. The zero-order valence-electron chi connectivity index (χ0n) is 10.0. The molecular weight excluding hydrogens is 202 g/mol. The van der Waals surface area contributed by atoms with Crippen molar-refractivity contribution in [1.29, 1.82) is 0 Å². The van der Waals surface area contributed by atoms with E-state index in [4.69, 9.17) is 0 Å². The van der Waals surface area contributed by atoms with Crippen molar-refractivity contribution < 1.29 is 0 Å². The highest BCUT2D eigenvalue weighted by molar-refractivity contribution is 7.99. The highest BCUT2D eigenvalue weighted by Gasteiger charge is 2.23. The molecule has 1 unspecified atom stereocenters. The lowest BCUT2D eigenvalue weighted by Gasteiger charge is -2.33. The van der Waals surface area contributed by atoms with E-state index >= 15 is 0 Å². The molecule has 1 saturated carbocycles. The van der Waals surface area contributed by atoms with Crippen molar-refractivity contribution >= 4 is 11.8 Å². The Bertz CT molecular complexity index is 169. The molecule has 0 aromatic heterocycles. The summed E-state index contributed by atoms with van der Waals surface area (Å²) in [6, 6.07) is 1.67. The number of hydrogen-bond donors (Lipinski definition) is 1. The topological polar surface area (TPSA) is 12.0 Å². The van der Waals surface area contributed by atoms with Gasteiger partial charge in [-0.15, -0.1) is 0 Å². The van der Waals surface area contributed by atoms with Gasteiger partial charge in [0.2, 0.25) is 0 Å². The fourth-order valence-electron chi connectivity index (χ4n) is 2.94. The van der Waals surface area contributed by atoms with E-state index in [0.29, 0.717) is 0 Å². The van der Waals surface area contributed by atoms with E-state index in [1.165, 1.54) is 56.5 Å². The first-order chi connectivity index (χ1) is 7.38.